The lowest BCUT2D eigenvalue weighted by Crippen LogP contribution is -2.45. The van der Waals surface area contributed by atoms with Crippen LogP contribution in [0.3, 0.4) is 0 Å². The molecule has 5 heteroatoms. The molecule has 1 aromatic rings. The first-order valence-electron chi connectivity index (χ1n) is 7.34. The maximum absolute atomic E-state index is 11.4. The molecule has 21 heavy (non-hydrogen) atoms. The van der Waals surface area contributed by atoms with E-state index in [9.17, 15) is 9.90 Å². The van der Waals surface area contributed by atoms with Gasteiger partial charge >= 0.3 is 5.97 Å². The lowest BCUT2D eigenvalue weighted by molar-refractivity contribution is 0.0696. The van der Waals surface area contributed by atoms with Gasteiger partial charge < -0.3 is 10.0 Å². The molecule has 0 bridgehead atoms. The number of carboxylic acid groups (broad SMARTS) is 1. The molecule has 1 aliphatic rings. The van der Waals surface area contributed by atoms with Crippen LogP contribution in [-0.4, -0.2) is 39.6 Å². The zero-order valence-corrected chi connectivity index (χ0v) is 14.2. The highest BCUT2D eigenvalue weighted by atomic mass is 32.2. The molecule has 0 aliphatic carbocycles. The fraction of sp³-hybridized carbons (Fsp3) is 0.625. The van der Waals surface area contributed by atoms with Gasteiger partial charge in [0.25, 0.3) is 0 Å². The minimum atomic E-state index is -0.892. The number of hydrogen-bond donors (Lipinski definition) is 1. The zero-order valence-electron chi connectivity index (χ0n) is 13.4. The first-order chi connectivity index (χ1) is 9.70. The average Bonchev–Trinajstić information content (AvgIpc) is 2.40. The summed E-state index contributed by atoms with van der Waals surface area (Å²) in [5.41, 5.74) is 0.984. The van der Waals surface area contributed by atoms with Crippen molar-refractivity contribution in [2.45, 2.75) is 51.3 Å². The van der Waals surface area contributed by atoms with Gasteiger partial charge in [-0.1, -0.05) is 27.7 Å². The molecule has 116 valence electrons. The van der Waals surface area contributed by atoms with E-state index in [2.05, 4.69) is 39.5 Å². The Morgan fingerprint density at radius 2 is 2.05 bits per heavy atom. The minimum absolute atomic E-state index is 0.167. The molecule has 0 radical (unpaired) electrons. The molecule has 0 aromatic carbocycles. The van der Waals surface area contributed by atoms with E-state index in [0.29, 0.717) is 16.9 Å². The summed E-state index contributed by atoms with van der Waals surface area (Å²) >= 11 is 1.96. The van der Waals surface area contributed by atoms with E-state index < -0.39 is 5.97 Å². The maximum atomic E-state index is 11.4. The van der Waals surface area contributed by atoms with Crippen LogP contribution in [0.2, 0.25) is 0 Å². The smallest absolute Gasteiger partial charge is 0.335 e. The van der Waals surface area contributed by atoms with E-state index in [1.165, 1.54) is 0 Å². The summed E-state index contributed by atoms with van der Waals surface area (Å²) in [6.45, 7) is 11.5. The van der Waals surface area contributed by atoms with E-state index in [4.69, 9.17) is 4.98 Å². The third-order valence-corrected chi connectivity index (χ3v) is 5.34. The maximum Gasteiger partial charge on any atom is 0.335 e. The molecule has 1 aromatic heterocycles. The van der Waals surface area contributed by atoms with E-state index in [-0.39, 0.29) is 5.41 Å². The normalized spacial score (nSPS) is 23.2. The van der Waals surface area contributed by atoms with E-state index in [1.54, 1.807) is 12.1 Å². The number of anilines is 1. The van der Waals surface area contributed by atoms with Gasteiger partial charge in [0, 0.05) is 34.7 Å². The molecule has 1 N–H and O–H groups in total. The van der Waals surface area contributed by atoms with Crippen LogP contribution in [0.1, 0.15) is 50.7 Å². The molecule has 2 unspecified atom stereocenters. The summed E-state index contributed by atoms with van der Waals surface area (Å²) in [4.78, 5) is 18.4. The molecule has 1 aliphatic heterocycles. The van der Waals surface area contributed by atoms with Gasteiger partial charge in [0.1, 0.15) is 5.82 Å². The minimum Gasteiger partial charge on any atom is -0.478 e. The standard InChI is InChI=1S/C16H24N2O2S/c1-10-11(2)21-7-6-18(10)14-9-12(15(19)20)8-13(17-14)16(3,4)5/h8-11H,6-7H2,1-5H3,(H,19,20). The van der Waals surface area contributed by atoms with E-state index in [1.807, 2.05) is 11.8 Å². The van der Waals surface area contributed by atoms with Crippen molar-refractivity contribution in [2.75, 3.05) is 17.2 Å². The Balaban J connectivity index is 2.47. The second-order valence-electron chi connectivity index (χ2n) is 6.66. The van der Waals surface area contributed by atoms with Crippen molar-refractivity contribution in [3.8, 4) is 0 Å². The van der Waals surface area contributed by atoms with Gasteiger partial charge in [-0.2, -0.15) is 11.8 Å². The molecule has 2 atom stereocenters. The number of carboxylic acids is 1. The predicted molar refractivity (Wildman–Crippen MR) is 88.6 cm³/mol. The van der Waals surface area contributed by atoms with Crippen molar-refractivity contribution in [2.24, 2.45) is 0 Å². The molecular weight excluding hydrogens is 284 g/mol. The Morgan fingerprint density at radius 3 is 2.62 bits per heavy atom. The molecule has 1 fully saturated rings. The lowest BCUT2D eigenvalue weighted by atomic mass is 9.90. The number of pyridine rings is 1. The number of aromatic nitrogens is 1. The second-order valence-corrected chi connectivity index (χ2v) is 8.15. The van der Waals surface area contributed by atoms with Crippen molar-refractivity contribution in [3.63, 3.8) is 0 Å². The van der Waals surface area contributed by atoms with Gasteiger partial charge in [-0.25, -0.2) is 9.78 Å². The molecular formula is C16H24N2O2S. The Labute approximate surface area is 130 Å². The fourth-order valence-corrected chi connectivity index (χ4v) is 3.53. The second kappa shape index (κ2) is 5.87. The van der Waals surface area contributed by atoms with Crippen LogP contribution in [-0.2, 0) is 5.41 Å². The number of thioether (sulfide) groups is 1. The Kier molecular flexibility index (Phi) is 4.51. The van der Waals surface area contributed by atoms with Crippen molar-refractivity contribution in [3.05, 3.63) is 23.4 Å². The van der Waals surface area contributed by atoms with Gasteiger partial charge in [0.2, 0.25) is 0 Å². The van der Waals surface area contributed by atoms with E-state index >= 15 is 0 Å². The quantitative estimate of drug-likeness (QED) is 0.907. The summed E-state index contributed by atoms with van der Waals surface area (Å²) in [7, 11) is 0. The molecule has 4 nitrogen and oxygen atoms in total. The van der Waals surface area contributed by atoms with Gasteiger partial charge in [-0.15, -0.1) is 0 Å². The van der Waals surface area contributed by atoms with Crippen LogP contribution < -0.4 is 4.90 Å². The molecule has 1 saturated heterocycles. The molecule has 0 saturated carbocycles. The first kappa shape index (κ1) is 16.1. The average molecular weight is 308 g/mol. The third-order valence-electron chi connectivity index (χ3n) is 4.01. The molecule has 0 amide bonds. The summed E-state index contributed by atoms with van der Waals surface area (Å²) in [5.74, 6) is 0.950. The van der Waals surface area contributed by atoms with Crippen LogP contribution in [0.5, 0.6) is 0 Å². The van der Waals surface area contributed by atoms with Gasteiger partial charge in [-0.3, -0.25) is 0 Å². The van der Waals surface area contributed by atoms with Crippen molar-refractivity contribution < 1.29 is 9.90 Å². The van der Waals surface area contributed by atoms with Crippen molar-refractivity contribution in [1.29, 1.82) is 0 Å². The SMILES string of the molecule is CC1SCCN(c2cc(C(=O)O)cc(C(C)(C)C)n2)C1C. The first-order valence-corrected chi connectivity index (χ1v) is 8.39. The Bertz CT molecular complexity index is 540. The monoisotopic (exact) mass is 308 g/mol. The third kappa shape index (κ3) is 3.51. The van der Waals surface area contributed by atoms with Crippen LogP contribution in [0, 0.1) is 0 Å². The summed E-state index contributed by atoms with van der Waals surface area (Å²) in [6, 6.07) is 3.75. The van der Waals surface area contributed by atoms with Crippen LogP contribution in [0.15, 0.2) is 12.1 Å². The Hall–Kier alpha value is -1.23. The fourth-order valence-electron chi connectivity index (χ4n) is 2.43. The molecule has 0 spiro atoms. The number of hydrogen-bond acceptors (Lipinski definition) is 4. The largest absolute Gasteiger partial charge is 0.478 e. The van der Waals surface area contributed by atoms with Gasteiger partial charge in [0.15, 0.2) is 0 Å². The van der Waals surface area contributed by atoms with Crippen LogP contribution in [0.25, 0.3) is 0 Å². The van der Waals surface area contributed by atoms with Crippen molar-refractivity contribution in [1.82, 2.24) is 4.98 Å². The topological polar surface area (TPSA) is 53.4 Å². The van der Waals surface area contributed by atoms with Gasteiger partial charge in [-0.05, 0) is 19.1 Å². The number of nitrogens with zero attached hydrogens (tertiary/aromatic N) is 2. The number of carbonyl (C=O) groups is 1. The Morgan fingerprint density at radius 1 is 1.38 bits per heavy atom. The van der Waals surface area contributed by atoms with Crippen LogP contribution in [0.4, 0.5) is 5.82 Å². The zero-order chi connectivity index (χ0) is 15.8. The summed E-state index contributed by atoms with van der Waals surface area (Å²) in [5, 5.41) is 9.89. The molecule has 2 rings (SSSR count). The van der Waals surface area contributed by atoms with Crippen molar-refractivity contribution >= 4 is 23.5 Å². The van der Waals surface area contributed by atoms with E-state index in [0.717, 1.165) is 23.8 Å². The predicted octanol–water partition coefficient (Wildman–Crippen LogP) is 3.41. The highest BCUT2D eigenvalue weighted by Gasteiger charge is 2.28. The summed E-state index contributed by atoms with van der Waals surface area (Å²) < 4.78 is 0. The van der Waals surface area contributed by atoms with Gasteiger partial charge in [0.05, 0.1) is 5.56 Å². The highest BCUT2D eigenvalue weighted by molar-refractivity contribution is 8.00. The highest BCUT2D eigenvalue weighted by Crippen LogP contribution is 2.30. The molecule has 2 heterocycles. The van der Waals surface area contributed by atoms with Crippen LogP contribution >= 0.6 is 11.8 Å². The number of rotatable bonds is 2. The summed E-state index contributed by atoms with van der Waals surface area (Å²) in [6.07, 6.45) is 0. The number of aromatic carboxylic acids is 1. The lowest BCUT2D eigenvalue weighted by Gasteiger charge is -2.39.